The summed E-state index contributed by atoms with van der Waals surface area (Å²) in [5.41, 5.74) is 0.531. The maximum atomic E-state index is 12.5. The zero-order valence-corrected chi connectivity index (χ0v) is 13.3. The van der Waals surface area contributed by atoms with Crippen LogP contribution < -0.4 is 5.32 Å². The third-order valence-corrected chi connectivity index (χ3v) is 5.51. The van der Waals surface area contributed by atoms with Gasteiger partial charge in [-0.25, -0.2) is 4.98 Å². The van der Waals surface area contributed by atoms with Gasteiger partial charge in [-0.05, 0) is 19.1 Å². The second-order valence-electron chi connectivity index (χ2n) is 4.69. The molecule has 1 saturated heterocycles. The third-order valence-electron chi connectivity index (χ3n) is 3.27. The van der Waals surface area contributed by atoms with Gasteiger partial charge in [0.1, 0.15) is 10.7 Å². The van der Waals surface area contributed by atoms with Crippen molar-refractivity contribution in [3.8, 4) is 9.88 Å². The Kier molecular flexibility index (Phi) is 4.07. The van der Waals surface area contributed by atoms with E-state index in [0.717, 1.165) is 33.9 Å². The SMILES string of the molecule is C[C@H]1CNCCN1C(=O)c1csc(-c2ccc(Cl)s2)n1. The summed E-state index contributed by atoms with van der Waals surface area (Å²) in [5.74, 6) is 0.0177. The molecule has 7 heteroatoms. The van der Waals surface area contributed by atoms with Crippen molar-refractivity contribution in [1.29, 1.82) is 0 Å². The van der Waals surface area contributed by atoms with Crippen molar-refractivity contribution in [2.45, 2.75) is 13.0 Å². The van der Waals surface area contributed by atoms with E-state index in [4.69, 9.17) is 11.6 Å². The number of rotatable bonds is 2. The molecule has 0 radical (unpaired) electrons. The number of carbonyl (C=O) groups is 1. The first-order valence-electron chi connectivity index (χ1n) is 6.38. The van der Waals surface area contributed by atoms with Gasteiger partial charge in [0.25, 0.3) is 5.91 Å². The standard InChI is InChI=1S/C13H14ClN3OS2/c1-8-6-15-4-5-17(8)13(18)9-7-19-12(16-9)10-2-3-11(14)20-10/h2-3,7-8,15H,4-6H2,1H3/t8-/m0/s1. The van der Waals surface area contributed by atoms with Crippen molar-refractivity contribution in [3.63, 3.8) is 0 Å². The fourth-order valence-corrected chi connectivity index (χ4v) is 4.11. The Labute approximate surface area is 130 Å². The van der Waals surface area contributed by atoms with E-state index in [-0.39, 0.29) is 11.9 Å². The molecule has 2 aromatic rings. The summed E-state index contributed by atoms with van der Waals surface area (Å²) < 4.78 is 0.735. The zero-order valence-electron chi connectivity index (χ0n) is 10.9. The molecule has 1 atom stereocenters. The van der Waals surface area contributed by atoms with Gasteiger partial charge in [-0.2, -0.15) is 0 Å². The lowest BCUT2D eigenvalue weighted by Crippen LogP contribution is -2.52. The maximum absolute atomic E-state index is 12.5. The number of piperazine rings is 1. The predicted molar refractivity (Wildman–Crippen MR) is 83.8 cm³/mol. The van der Waals surface area contributed by atoms with Crippen molar-refractivity contribution in [2.24, 2.45) is 0 Å². The van der Waals surface area contributed by atoms with Crippen molar-refractivity contribution in [1.82, 2.24) is 15.2 Å². The van der Waals surface area contributed by atoms with Gasteiger partial charge >= 0.3 is 0 Å². The highest BCUT2D eigenvalue weighted by molar-refractivity contribution is 7.23. The number of nitrogens with zero attached hydrogens (tertiary/aromatic N) is 2. The quantitative estimate of drug-likeness (QED) is 0.922. The molecule has 1 fully saturated rings. The molecule has 0 aromatic carbocycles. The van der Waals surface area contributed by atoms with Crippen molar-refractivity contribution < 1.29 is 4.79 Å². The molecule has 0 spiro atoms. The number of aromatic nitrogens is 1. The molecule has 0 aliphatic carbocycles. The van der Waals surface area contributed by atoms with Crippen LogP contribution in [0.4, 0.5) is 0 Å². The number of halogens is 1. The number of hydrogen-bond donors (Lipinski definition) is 1. The summed E-state index contributed by atoms with van der Waals surface area (Å²) in [7, 11) is 0. The molecule has 4 nitrogen and oxygen atoms in total. The minimum absolute atomic E-state index is 0.0177. The lowest BCUT2D eigenvalue weighted by atomic mass is 10.2. The summed E-state index contributed by atoms with van der Waals surface area (Å²) in [6, 6.07) is 3.99. The predicted octanol–water partition coefficient (Wildman–Crippen LogP) is 2.96. The van der Waals surface area contributed by atoms with Crippen LogP contribution in [0.15, 0.2) is 17.5 Å². The van der Waals surface area contributed by atoms with Crippen LogP contribution in [0.1, 0.15) is 17.4 Å². The molecule has 3 rings (SSSR count). The lowest BCUT2D eigenvalue weighted by molar-refractivity contribution is 0.0650. The monoisotopic (exact) mass is 327 g/mol. The van der Waals surface area contributed by atoms with Gasteiger partial charge < -0.3 is 10.2 Å². The van der Waals surface area contributed by atoms with Gasteiger partial charge in [0, 0.05) is 31.1 Å². The fraction of sp³-hybridized carbons (Fsp3) is 0.385. The first kappa shape index (κ1) is 14.0. The number of nitrogens with one attached hydrogen (secondary N) is 1. The van der Waals surface area contributed by atoms with E-state index in [1.807, 2.05) is 22.4 Å². The number of thiazole rings is 1. The molecule has 1 amide bonds. The highest BCUT2D eigenvalue weighted by Gasteiger charge is 2.25. The van der Waals surface area contributed by atoms with Crippen LogP contribution >= 0.6 is 34.3 Å². The zero-order chi connectivity index (χ0) is 14.1. The molecular formula is C13H14ClN3OS2. The largest absolute Gasteiger partial charge is 0.332 e. The molecule has 1 aliphatic heterocycles. The summed E-state index contributed by atoms with van der Waals surface area (Å²) in [6.07, 6.45) is 0. The van der Waals surface area contributed by atoms with E-state index >= 15 is 0 Å². The van der Waals surface area contributed by atoms with Gasteiger partial charge in [0.15, 0.2) is 0 Å². The number of carbonyl (C=O) groups excluding carboxylic acids is 1. The molecule has 2 aromatic heterocycles. The van der Waals surface area contributed by atoms with E-state index in [0.29, 0.717) is 5.69 Å². The Bertz CT molecular complexity index is 625. The molecule has 0 unspecified atom stereocenters. The normalized spacial score (nSPS) is 19.3. The van der Waals surface area contributed by atoms with Crippen molar-refractivity contribution in [2.75, 3.05) is 19.6 Å². The maximum Gasteiger partial charge on any atom is 0.273 e. The van der Waals surface area contributed by atoms with E-state index in [2.05, 4.69) is 17.2 Å². The second-order valence-corrected chi connectivity index (χ2v) is 7.27. The summed E-state index contributed by atoms with van der Waals surface area (Å²) in [6.45, 7) is 4.46. The smallest absolute Gasteiger partial charge is 0.273 e. The summed E-state index contributed by atoms with van der Waals surface area (Å²) in [4.78, 5) is 19.8. The van der Waals surface area contributed by atoms with E-state index < -0.39 is 0 Å². The van der Waals surface area contributed by atoms with Gasteiger partial charge in [-0.1, -0.05) is 11.6 Å². The van der Waals surface area contributed by atoms with Gasteiger partial charge in [-0.15, -0.1) is 22.7 Å². The van der Waals surface area contributed by atoms with Crippen molar-refractivity contribution in [3.05, 3.63) is 27.5 Å². The topological polar surface area (TPSA) is 45.2 Å². The van der Waals surface area contributed by atoms with Crippen LogP contribution in [0.25, 0.3) is 9.88 Å². The number of hydrogen-bond acceptors (Lipinski definition) is 5. The Morgan fingerprint density at radius 3 is 3.10 bits per heavy atom. The van der Waals surface area contributed by atoms with Crippen LogP contribution in [0.5, 0.6) is 0 Å². The highest BCUT2D eigenvalue weighted by Crippen LogP contribution is 2.33. The Balaban J connectivity index is 1.81. The molecule has 0 bridgehead atoms. The molecule has 1 aliphatic rings. The number of thiophene rings is 1. The Morgan fingerprint density at radius 2 is 2.40 bits per heavy atom. The molecule has 3 heterocycles. The van der Waals surface area contributed by atoms with Crippen LogP contribution in [-0.4, -0.2) is 41.5 Å². The first-order chi connectivity index (χ1) is 9.65. The van der Waals surface area contributed by atoms with Gasteiger partial charge in [-0.3, -0.25) is 4.79 Å². The van der Waals surface area contributed by atoms with Gasteiger partial charge in [0.05, 0.1) is 9.21 Å². The minimum Gasteiger partial charge on any atom is -0.332 e. The van der Waals surface area contributed by atoms with Crippen molar-refractivity contribution >= 4 is 40.2 Å². The Morgan fingerprint density at radius 1 is 1.55 bits per heavy atom. The number of amides is 1. The van der Waals surface area contributed by atoms with E-state index in [9.17, 15) is 4.79 Å². The van der Waals surface area contributed by atoms with Crippen LogP contribution in [0.2, 0.25) is 4.34 Å². The van der Waals surface area contributed by atoms with E-state index in [1.54, 1.807) is 0 Å². The van der Waals surface area contributed by atoms with Crippen LogP contribution in [-0.2, 0) is 0 Å². The lowest BCUT2D eigenvalue weighted by Gasteiger charge is -2.33. The molecule has 106 valence electrons. The van der Waals surface area contributed by atoms with E-state index in [1.165, 1.54) is 22.7 Å². The second kappa shape index (κ2) is 5.81. The average Bonchev–Trinajstić information content (AvgIpc) is 3.07. The molecular weight excluding hydrogens is 314 g/mol. The molecule has 1 N–H and O–H groups in total. The minimum atomic E-state index is 0.0177. The summed E-state index contributed by atoms with van der Waals surface area (Å²) >= 11 is 8.90. The Hall–Kier alpha value is -0.950. The summed E-state index contributed by atoms with van der Waals surface area (Å²) in [5, 5.41) is 5.97. The fourth-order valence-electron chi connectivity index (χ4n) is 2.20. The molecule has 0 saturated carbocycles. The third kappa shape index (κ3) is 2.74. The van der Waals surface area contributed by atoms with Crippen LogP contribution in [0.3, 0.4) is 0 Å². The van der Waals surface area contributed by atoms with Gasteiger partial charge in [0.2, 0.25) is 0 Å². The molecule has 20 heavy (non-hydrogen) atoms. The highest BCUT2D eigenvalue weighted by atomic mass is 35.5. The average molecular weight is 328 g/mol. The first-order valence-corrected chi connectivity index (χ1v) is 8.45. The van der Waals surface area contributed by atoms with Crippen LogP contribution in [0, 0.1) is 0 Å².